The first-order valence-electron chi connectivity index (χ1n) is 15.1. The van der Waals surface area contributed by atoms with Crippen molar-refractivity contribution >= 4 is 68.1 Å². The lowest BCUT2D eigenvalue weighted by atomic mass is 9.84. The van der Waals surface area contributed by atoms with E-state index in [-0.39, 0.29) is 45.9 Å². The molecule has 12 heteroatoms. The lowest BCUT2D eigenvalue weighted by molar-refractivity contribution is -0.142. The quantitative estimate of drug-likeness (QED) is 0.177. The minimum atomic E-state index is -1.56. The SMILES string of the molecule is O=C(O)[C@H](Cc1c[nH]c2ccccc12)N1C(=O)c2ccc3c4c(ccc(c24)C1=O)C(=O)N([C@@H](Cc1c[nH]c2ccccc12)C(=O)O)C3=O. The van der Waals surface area contributed by atoms with Gasteiger partial charge in [-0.15, -0.1) is 0 Å². The molecule has 236 valence electrons. The molecule has 0 aliphatic carbocycles. The van der Waals surface area contributed by atoms with Crippen LogP contribution in [0.4, 0.5) is 0 Å². The highest BCUT2D eigenvalue weighted by molar-refractivity contribution is 6.34. The van der Waals surface area contributed by atoms with Gasteiger partial charge in [0.2, 0.25) is 0 Å². The molecule has 4 N–H and O–H groups in total. The van der Waals surface area contributed by atoms with Gasteiger partial charge in [0.05, 0.1) is 0 Å². The van der Waals surface area contributed by atoms with Gasteiger partial charge in [-0.3, -0.25) is 29.0 Å². The fourth-order valence-corrected chi connectivity index (χ4v) is 7.07. The van der Waals surface area contributed by atoms with E-state index in [2.05, 4.69) is 9.97 Å². The second-order valence-corrected chi connectivity index (χ2v) is 11.9. The Labute approximate surface area is 270 Å². The van der Waals surface area contributed by atoms with Crippen LogP contribution < -0.4 is 0 Å². The standard InChI is InChI=1S/C36H24N4O8/c41-31-21-9-11-23-30-24(34(44)40(33(23)43)28(36(47)48)14-18-16-38-26-8-4-2-6-20(18)26)12-10-22(29(21)30)32(42)39(31)27(35(45)46)13-17-15-37-25-7-3-1-5-19(17)25/h1-12,15-16,27-28,37-38H,13-14H2,(H,45,46)(H,47,48)/t27-,28-/m0/s1. The maximum Gasteiger partial charge on any atom is 0.327 e. The van der Waals surface area contributed by atoms with E-state index in [0.717, 1.165) is 21.8 Å². The number of carbonyl (C=O) groups is 6. The van der Waals surface area contributed by atoms with Gasteiger partial charge in [-0.25, -0.2) is 9.59 Å². The van der Waals surface area contributed by atoms with Crippen molar-refractivity contribution < 1.29 is 39.0 Å². The molecule has 48 heavy (non-hydrogen) atoms. The van der Waals surface area contributed by atoms with Crippen molar-refractivity contribution in [1.82, 2.24) is 19.8 Å². The van der Waals surface area contributed by atoms with Gasteiger partial charge in [-0.05, 0) is 47.5 Å². The number of benzene rings is 4. The third-order valence-corrected chi connectivity index (χ3v) is 9.33. The van der Waals surface area contributed by atoms with Crippen LogP contribution in [-0.4, -0.2) is 77.6 Å². The Morgan fingerprint density at radius 2 is 0.875 bits per heavy atom. The number of imide groups is 2. The first kappa shape index (κ1) is 28.9. The third-order valence-electron chi connectivity index (χ3n) is 9.33. The van der Waals surface area contributed by atoms with E-state index in [4.69, 9.17) is 0 Å². The number of hydrogen-bond donors (Lipinski definition) is 4. The highest BCUT2D eigenvalue weighted by atomic mass is 16.4. The predicted octanol–water partition coefficient (Wildman–Crippen LogP) is 4.39. The van der Waals surface area contributed by atoms with Crippen molar-refractivity contribution in [2.45, 2.75) is 24.9 Å². The molecule has 0 saturated heterocycles. The van der Waals surface area contributed by atoms with Crippen LogP contribution in [0.5, 0.6) is 0 Å². The van der Waals surface area contributed by atoms with Crippen molar-refractivity contribution in [3.8, 4) is 0 Å². The molecule has 0 fully saturated rings. The number of H-pyrrole nitrogens is 2. The van der Waals surface area contributed by atoms with Crippen LogP contribution in [0.3, 0.4) is 0 Å². The van der Waals surface area contributed by atoms with Crippen LogP contribution in [0.2, 0.25) is 0 Å². The lowest BCUT2D eigenvalue weighted by Crippen LogP contribution is -2.53. The van der Waals surface area contributed by atoms with Crippen molar-refractivity contribution in [3.05, 3.63) is 119 Å². The number of aliphatic carboxylic acids is 2. The van der Waals surface area contributed by atoms with Crippen LogP contribution in [0, 0.1) is 0 Å². The van der Waals surface area contributed by atoms with Crippen LogP contribution >= 0.6 is 0 Å². The van der Waals surface area contributed by atoms with Gasteiger partial charge in [0.1, 0.15) is 12.1 Å². The summed E-state index contributed by atoms with van der Waals surface area (Å²) in [5.74, 6) is -6.29. The number of fused-ring (bicyclic) bond motifs is 2. The van der Waals surface area contributed by atoms with Crippen molar-refractivity contribution in [3.63, 3.8) is 0 Å². The second kappa shape index (κ2) is 10.5. The summed E-state index contributed by atoms with van der Waals surface area (Å²) in [7, 11) is 0. The molecule has 0 unspecified atom stereocenters. The Bertz CT molecular complexity index is 2200. The van der Waals surface area contributed by atoms with Gasteiger partial charge in [0.25, 0.3) is 23.6 Å². The summed E-state index contributed by atoms with van der Waals surface area (Å²) in [5.41, 5.74) is 2.57. The summed E-state index contributed by atoms with van der Waals surface area (Å²) >= 11 is 0. The molecule has 2 aliphatic heterocycles. The smallest absolute Gasteiger partial charge is 0.327 e. The average Bonchev–Trinajstić information content (AvgIpc) is 3.69. The average molecular weight is 641 g/mol. The predicted molar refractivity (Wildman–Crippen MR) is 172 cm³/mol. The molecule has 12 nitrogen and oxygen atoms in total. The van der Waals surface area contributed by atoms with Crippen molar-refractivity contribution in [2.75, 3.05) is 0 Å². The molecule has 2 aliphatic rings. The minimum absolute atomic E-state index is 0.0435. The Kier molecular flexibility index (Phi) is 6.31. The van der Waals surface area contributed by atoms with E-state index >= 15 is 0 Å². The van der Waals surface area contributed by atoms with E-state index in [1.807, 2.05) is 36.4 Å². The maximum atomic E-state index is 14.0. The Morgan fingerprint density at radius 3 is 1.21 bits per heavy atom. The molecule has 4 aromatic carbocycles. The highest BCUT2D eigenvalue weighted by Crippen LogP contribution is 2.39. The molecule has 0 saturated carbocycles. The van der Waals surface area contributed by atoms with Crippen LogP contribution in [0.15, 0.2) is 85.2 Å². The van der Waals surface area contributed by atoms with Crippen LogP contribution in [-0.2, 0) is 22.4 Å². The number of nitrogens with zero attached hydrogens (tertiary/aromatic N) is 2. The second-order valence-electron chi connectivity index (χ2n) is 11.9. The van der Waals surface area contributed by atoms with Gasteiger partial charge in [0.15, 0.2) is 0 Å². The molecule has 2 aromatic heterocycles. The molecule has 0 bridgehead atoms. The van der Waals surface area contributed by atoms with Gasteiger partial charge in [-0.2, -0.15) is 0 Å². The van der Waals surface area contributed by atoms with Gasteiger partial charge in [-0.1, -0.05) is 36.4 Å². The Balaban J connectivity index is 1.19. The molecule has 6 aromatic rings. The highest BCUT2D eigenvalue weighted by Gasteiger charge is 2.46. The summed E-state index contributed by atoms with van der Waals surface area (Å²) in [6.07, 6.45) is 2.96. The molecule has 8 rings (SSSR count). The van der Waals surface area contributed by atoms with E-state index in [9.17, 15) is 39.0 Å². The van der Waals surface area contributed by atoms with E-state index in [1.165, 1.54) is 24.3 Å². The van der Waals surface area contributed by atoms with Crippen LogP contribution in [0.25, 0.3) is 32.6 Å². The number of amides is 4. The summed E-state index contributed by atoms with van der Waals surface area (Å²) in [5, 5.41) is 22.1. The molecular weight excluding hydrogens is 616 g/mol. The zero-order chi connectivity index (χ0) is 33.4. The fraction of sp³-hybridized carbons (Fsp3) is 0.111. The fourth-order valence-electron chi connectivity index (χ4n) is 7.07. The number of carboxylic acids is 2. The molecule has 4 amide bonds. The molecule has 2 atom stereocenters. The first-order valence-corrected chi connectivity index (χ1v) is 15.1. The molecule has 4 heterocycles. The summed E-state index contributed by atoms with van der Waals surface area (Å²) in [6, 6.07) is 16.7. The number of carbonyl (C=O) groups excluding carboxylic acids is 4. The van der Waals surface area contributed by atoms with Crippen LogP contribution in [0.1, 0.15) is 52.6 Å². The number of nitrogens with one attached hydrogen (secondary N) is 2. The largest absolute Gasteiger partial charge is 0.480 e. The van der Waals surface area contributed by atoms with E-state index in [0.29, 0.717) is 20.9 Å². The lowest BCUT2D eigenvalue weighted by Gasteiger charge is -2.35. The third kappa shape index (κ3) is 4.09. The van der Waals surface area contributed by atoms with Gasteiger partial charge >= 0.3 is 11.9 Å². The first-order chi connectivity index (χ1) is 23.2. The summed E-state index contributed by atoms with van der Waals surface area (Å²) in [6.45, 7) is 0. The Hall–Kier alpha value is -6.56. The summed E-state index contributed by atoms with van der Waals surface area (Å²) in [4.78, 5) is 88.6. The zero-order valence-corrected chi connectivity index (χ0v) is 24.9. The zero-order valence-electron chi connectivity index (χ0n) is 24.9. The minimum Gasteiger partial charge on any atom is -0.480 e. The number of rotatable bonds is 8. The topological polar surface area (TPSA) is 181 Å². The van der Waals surface area contributed by atoms with Crippen molar-refractivity contribution in [1.29, 1.82) is 0 Å². The molecule has 0 radical (unpaired) electrons. The monoisotopic (exact) mass is 640 g/mol. The number of aromatic amines is 2. The number of para-hydroxylation sites is 2. The van der Waals surface area contributed by atoms with Gasteiger partial charge < -0.3 is 20.2 Å². The maximum absolute atomic E-state index is 14.0. The van der Waals surface area contributed by atoms with Gasteiger partial charge in [0, 0.05) is 80.1 Å². The van der Waals surface area contributed by atoms with E-state index in [1.54, 1.807) is 24.5 Å². The number of hydrogen-bond acceptors (Lipinski definition) is 6. The number of aromatic nitrogens is 2. The van der Waals surface area contributed by atoms with Crippen molar-refractivity contribution in [2.24, 2.45) is 0 Å². The van der Waals surface area contributed by atoms with E-state index < -0.39 is 47.7 Å². The molecular formula is C36H24N4O8. The normalized spacial score (nSPS) is 15.5. The molecule has 0 spiro atoms. The number of carboxylic acid groups (broad SMARTS) is 2. The summed E-state index contributed by atoms with van der Waals surface area (Å²) < 4.78 is 0. The Morgan fingerprint density at radius 1 is 0.542 bits per heavy atom.